The third-order valence-corrected chi connectivity index (χ3v) is 4.06. The quantitative estimate of drug-likeness (QED) is 0.879. The Balaban J connectivity index is 1.63. The number of benzene rings is 1. The number of aromatic nitrogens is 2. The van der Waals surface area contributed by atoms with E-state index in [1.165, 1.54) is 12.1 Å². The van der Waals surface area contributed by atoms with Crippen LogP contribution in [-0.2, 0) is 0 Å². The SMILES string of the molecule is O=C(c1cccc(Cl)c1)N1CCN(C(=O)c2ccc(=O)[nH]n2)CC1. The van der Waals surface area contributed by atoms with Crippen molar-refractivity contribution in [1.29, 1.82) is 0 Å². The molecule has 1 fully saturated rings. The number of rotatable bonds is 2. The van der Waals surface area contributed by atoms with Gasteiger partial charge in [0.2, 0.25) is 0 Å². The number of hydrogen-bond acceptors (Lipinski definition) is 4. The second-order valence-corrected chi connectivity index (χ2v) is 5.84. The van der Waals surface area contributed by atoms with E-state index in [1.807, 2.05) is 0 Å². The minimum Gasteiger partial charge on any atom is -0.335 e. The van der Waals surface area contributed by atoms with Crippen molar-refractivity contribution < 1.29 is 9.59 Å². The zero-order chi connectivity index (χ0) is 17.1. The Hall–Kier alpha value is -2.67. The molecule has 1 aromatic carbocycles. The van der Waals surface area contributed by atoms with Crippen LogP contribution in [0.4, 0.5) is 0 Å². The number of aromatic amines is 1. The van der Waals surface area contributed by atoms with Crippen molar-refractivity contribution >= 4 is 23.4 Å². The second-order valence-electron chi connectivity index (χ2n) is 5.40. The van der Waals surface area contributed by atoms with E-state index in [0.717, 1.165) is 0 Å². The van der Waals surface area contributed by atoms with Gasteiger partial charge in [-0.05, 0) is 24.3 Å². The molecule has 124 valence electrons. The minimum absolute atomic E-state index is 0.105. The van der Waals surface area contributed by atoms with Gasteiger partial charge < -0.3 is 9.80 Å². The molecule has 1 aliphatic rings. The summed E-state index contributed by atoms with van der Waals surface area (Å²) in [5, 5.41) is 6.50. The molecule has 8 heteroatoms. The van der Waals surface area contributed by atoms with E-state index in [-0.39, 0.29) is 23.1 Å². The number of piperazine rings is 1. The molecule has 0 radical (unpaired) electrons. The monoisotopic (exact) mass is 346 g/mol. The first-order chi connectivity index (χ1) is 11.5. The number of carbonyl (C=O) groups excluding carboxylic acids is 2. The second kappa shape index (κ2) is 6.84. The lowest BCUT2D eigenvalue weighted by Gasteiger charge is -2.34. The van der Waals surface area contributed by atoms with Crippen molar-refractivity contribution in [1.82, 2.24) is 20.0 Å². The van der Waals surface area contributed by atoms with E-state index in [9.17, 15) is 14.4 Å². The average Bonchev–Trinajstić information content (AvgIpc) is 2.61. The Bertz CT molecular complexity index is 808. The number of carbonyl (C=O) groups is 2. The lowest BCUT2D eigenvalue weighted by atomic mass is 10.2. The molecule has 1 saturated heterocycles. The van der Waals surface area contributed by atoms with Crippen LogP contribution in [0.1, 0.15) is 20.8 Å². The standard InChI is InChI=1S/C16H15ClN4O3/c17-12-3-1-2-11(10-12)15(23)20-6-8-21(9-7-20)16(24)13-4-5-14(22)19-18-13/h1-5,10H,6-9H2,(H,19,22). The summed E-state index contributed by atoms with van der Waals surface area (Å²) in [5.74, 6) is -0.368. The smallest absolute Gasteiger partial charge is 0.274 e. The van der Waals surface area contributed by atoms with Crippen molar-refractivity contribution in [2.75, 3.05) is 26.2 Å². The molecule has 7 nitrogen and oxygen atoms in total. The van der Waals surface area contributed by atoms with Gasteiger partial charge in [0.05, 0.1) is 0 Å². The summed E-state index contributed by atoms with van der Waals surface area (Å²) in [6, 6.07) is 9.45. The van der Waals surface area contributed by atoms with Gasteiger partial charge in [-0.3, -0.25) is 14.4 Å². The highest BCUT2D eigenvalue weighted by Gasteiger charge is 2.26. The lowest BCUT2D eigenvalue weighted by Crippen LogP contribution is -2.50. The number of nitrogens with zero attached hydrogens (tertiary/aromatic N) is 3. The lowest BCUT2D eigenvalue weighted by molar-refractivity contribution is 0.0531. The molecule has 0 saturated carbocycles. The average molecular weight is 347 g/mol. The molecule has 24 heavy (non-hydrogen) atoms. The zero-order valence-corrected chi connectivity index (χ0v) is 13.5. The van der Waals surface area contributed by atoms with Crippen molar-refractivity contribution in [3.05, 3.63) is 63.0 Å². The van der Waals surface area contributed by atoms with E-state index in [0.29, 0.717) is 36.8 Å². The number of H-pyrrole nitrogens is 1. The fourth-order valence-corrected chi connectivity index (χ4v) is 2.73. The molecule has 0 unspecified atom stereocenters. The van der Waals surface area contributed by atoms with Crippen LogP contribution >= 0.6 is 11.6 Å². The van der Waals surface area contributed by atoms with Crippen LogP contribution in [0.15, 0.2) is 41.2 Å². The Labute approximate surface area is 142 Å². The molecule has 3 rings (SSSR count). The van der Waals surface area contributed by atoms with E-state index in [1.54, 1.807) is 34.1 Å². The van der Waals surface area contributed by atoms with Crippen molar-refractivity contribution in [3.63, 3.8) is 0 Å². The van der Waals surface area contributed by atoms with Crippen LogP contribution in [-0.4, -0.2) is 58.0 Å². The number of hydrogen-bond donors (Lipinski definition) is 1. The number of nitrogens with one attached hydrogen (secondary N) is 1. The number of amides is 2. The van der Waals surface area contributed by atoms with Crippen molar-refractivity contribution in [3.8, 4) is 0 Å². The molecule has 1 N–H and O–H groups in total. The van der Waals surface area contributed by atoms with Crippen LogP contribution in [0.3, 0.4) is 0 Å². The van der Waals surface area contributed by atoms with Crippen LogP contribution < -0.4 is 5.56 Å². The molecule has 0 spiro atoms. The highest BCUT2D eigenvalue weighted by molar-refractivity contribution is 6.30. The normalized spacial score (nSPS) is 14.5. The summed E-state index contributed by atoms with van der Waals surface area (Å²) in [5.41, 5.74) is 0.359. The molecule has 0 bridgehead atoms. The Morgan fingerprint density at radius 2 is 1.67 bits per heavy atom. The first kappa shape index (κ1) is 16.2. The van der Waals surface area contributed by atoms with E-state index < -0.39 is 0 Å². The van der Waals surface area contributed by atoms with Crippen molar-refractivity contribution in [2.45, 2.75) is 0 Å². The third-order valence-electron chi connectivity index (χ3n) is 3.82. The first-order valence-corrected chi connectivity index (χ1v) is 7.82. The summed E-state index contributed by atoms with van der Waals surface area (Å²) in [4.78, 5) is 39.1. The largest absolute Gasteiger partial charge is 0.335 e. The Morgan fingerprint density at radius 3 is 2.25 bits per heavy atom. The van der Waals surface area contributed by atoms with Crippen LogP contribution in [0, 0.1) is 0 Å². The Morgan fingerprint density at radius 1 is 1.00 bits per heavy atom. The molecular weight excluding hydrogens is 332 g/mol. The van der Waals surface area contributed by atoms with Gasteiger partial charge in [0.25, 0.3) is 17.4 Å². The summed E-state index contributed by atoms with van der Waals surface area (Å²) in [6.45, 7) is 1.68. The fourth-order valence-electron chi connectivity index (χ4n) is 2.54. The molecule has 0 aliphatic carbocycles. The van der Waals surface area contributed by atoms with Crippen LogP contribution in [0.2, 0.25) is 5.02 Å². The summed E-state index contributed by atoms with van der Waals surface area (Å²) in [6.07, 6.45) is 0. The van der Waals surface area contributed by atoms with E-state index in [4.69, 9.17) is 11.6 Å². The highest BCUT2D eigenvalue weighted by atomic mass is 35.5. The predicted octanol–water partition coefficient (Wildman–Crippen LogP) is 1.02. The van der Waals surface area contributed by atoms with Gasteiger partial charge in [0.1, 0.15) is 5.69 Å². The molecule has 2 aromatic rings. The molecule has 0 atom stereocenters. The maximum atomic E-state index is 12.4. The maximum absolute atomic E-state index is 12.4. The van der Waals surface area contributed by atoms with Gasteiger partial charge in [-0.1, -0.05) is 17.7 Å². The maximum Gasteiger partial charge on any atom is 0.274 e. The minimum atomic E-state index is -0.358. The molecule has 2 amide bonds. The Kier molecular flexibility index (Phi) is 4.61. The van der Waals surface area contributed by atoms with Gasteiger partial charge in [0.15, 0.2) is 0 Å². The molecule has 2 heterocycles. The van der Waals surface area contributed by atoms with Gasteiger partial charge in [-0.25, -0.2) is 5.10 Å². The van der Waals surface area contributed by atoms with Gasteiger partial charge >= 0.3 is 0 Å². The van der Waals surface area contributed by atoms with Crippen LogP contribution in [0.5, 0.6) is 0 Å². The van der Waals surface area contributed by atoms with E-state index in [2.05, 4.69) is 10.2 Å². The number of halogens is 1. The molecular formula is C16H15ClN4O3. The predicted molar refractivity (Wildman–Crippen MR) is 88.1 cm³/mol. The van der Waals surface area contributed by atoms with Crippen LogP contribution in [0.25, 0.3) is 0 Å². The van der Waals surface area contributed by atoms with Crippen molar-refractivity contribution in [2.24, 2.45) is 0 Å². The topological polar surface area (TPSA) is 86.4 Å². The zero-order valence-electron chi connectivity index (χ0n) is 12.7. The summed E-state index contributed by atoms with van der Waals surface area (Å²) in [7, 11) is 0. The highest BCUT2D eigenvalue weighted by Crippen LogP contribution is 2.14. The van der Waals surface area contributed by atoms with Gasteiger partial charge in [-0.15, -0.1) is 0 Å². The fraction of sp³-hybridized carbons (Fsp3) is 0.250. The first-order valence-electron chi connectivity index (χ1n) is 7.44. The molecule has 1 aromatic heterocycles. The third kappa shape index (κ3) is 3.46. The van der Waals surface area contributed by atoms with E-state index >= 15 is 0 Å². The summed E-state index contributed by atoms with van der Waals surface area (Å²) >= 11 is 5.92. The van der Waals surface area contributed by atoms with Gasteiger partial charge in [0, 0.05) is 42.8 Å². The molecule has 1 aliphatic heterocycles. The van der Waals surface area contributed by atoms with Gasteiger partial charge in [-0.2, -0.15) is 5.10 Å². The summed E-state index contributed by atoms with van der Waals surface area (Å²) < 4.78 is 0.